The molecule has 0 radical (unpaired) electrons. The van der Waals surface area contributed by atoms with Crippen LogP contribution in [0.3, 0.4) is 0 Å². The normalized spacial score (nSPS) is 13.2. The zero-order valence-corrected chi connectivity index (χ0v) is 19.3. The van der Waals surface area contributed by atoms with Gasteiger partial charge in [-0.2, -0.15) is 13.2 Å². The molecule has 0 saturated carbocycles. The molecule has 0 bridgehead atoms. The number of halogens is 4. The summed E-state index contributed by atoms with van der Waals surface area (Å²) in [4.78, 5) is 32.7. The molecule has 2 aliphatic heterocycles. The third-order valence-electron chi connectivity index (χ3n) is 5.84. The summed E-state index contributed by atoms with van der Waals surface area (Å²) in [5.41, 5.74) is 3.26. The van der Waals surface area contributed by atoms with E-state index in [1.807, 2.05) is 36.4 Å². The quantitative estimate of drug-likeness (QED) is 0.281. The number of nitrogens with one attached hydrogen (secondary N) is 3. The van der Waals surface area contributed by atoms with E-state index in [2.05, 4.69) is 15.6 Å². The summed E-state index contributed by atoms with van der Waals surface area (Å²) in [6, 6.07) is 16.3. The van der Waals surface area contributed by atoms with Crippen LogP contribution < -0.4 is 16.2 Å². The summed E-state index contributed by atoms with van der Waals surface area (Å²) < 4.78 is 39.0. The molecule has 0 spiro atoms. The van der Waals surface area contributed by atoms with Gasteiger partial charge in [0.1, 0.15) is 0 Å². The lowest BCUT2D eigenvalue weighted by atomic mass is 9.95. The molecule has 3 N–H and O–H groups in total. The number of aryl methyl sites for hydroxylation is 1. The molecule has 2 aromatic rings. The molecule has 182 valence electrons. The average molecular weight is 511 g/mol. The lowest BCUT2D eigenvalue weighted by molar-refractivity contribution is -0.137. The van der Waals surface area contributed by atoms with Crippen molar-refractivity contribution in [3.63, 3.8) is 0 Å². The Morgan fingerprint density at radius 3 is 2.58 bits per heavy atom. The summed E-state index contributed by atoms with van der Waals surface area (Å²) in [6.45, 7) is 0. The van der Waals surface area contributed by atoms with Gasteiger partial charge >= 0.3 is 12.2 Å². The molecule has 3 aliphatic rings. The van der Waals surface area contributed by atoms with Crippen LogP contribution in [0, 0.1) is 0 Å². The van der Waals surface area contributed by atoms with E-state index in [1.165, 1.54) is 0 Å². The minimum Gasteiger partial charge on any atom is -0.321 e. The molecule has 2 amide bonds. The molecule has 0 fully saturated rings. The first-order valence-corrected chi connectivity index (χ1v) is 11.3. The molecule has 0 unspecified atom stereocenters. The van der Waals surface area contributed by atoms with Crippen LogP contribution in [0.5, 0.6) is 0 Å². The largest absolute Gasteiger partial charge is 0.416 e. The van der Waals surface area contributed by atoms with Crippen molar-refractivity contribution in [2.45, 2.75) is 19.0 Å². The van der Waals surface area contributed by atoms with E-state index in [0.717, 1.165) is 29.3 Å². The van der Waals surface area contributed by atoms with Gasteiger partial charge in [0.05, 0.1) is 33.2 Å². The molecule has 0 atom stereocenters. The lowest BCUT2D eigenvalue weighted by Gasteiger charge is -2.17. The second-order valence-corrected chi connectivity index (χ2v) is 8.65. The lowest BCUT2D eigenvalue weighted by Crippen LogP contribution is -2.20. The van der Waals surface area contributed by atoms with E-state index in [4.69, 9.17) is 16.6 Å². The minimum absolute atomic E-state index is 0.0293. The maximum atomic E-state index is 13.0. The highest BCUT2D eigenvalue weighted by Crippen LogP contribution is 2.35. The number of alkyl halides is 3. The molecule has 1 aliphatic carbocycles. The molecule has 2 heterocycles. The van der Waals surface area contributed by atoms with Gasteiger partial charge in [-0.05, 0) is 54.8 Å². The number of fused-ring (bicyclic) bond motifs is 2. The first-order chi connectivity index (χ1) is 17.2. The van der Waals surface area contributed by atoms with E-state index in [1.54, 1.807) is 12.1 Å². The predicted octanol–water partition coefficient (Wildman–Crippen LogP) is 6.86. The number of urea groups is 1. The van der Waals surface area contributed by atoms with Gasteiger partial charge in [0.2, 0.25) is 0 Å². The number of nitrogens with zero attached hydrogens (tertiary/aromatic N) is 1. The fourth-order valence-electron chi connectivity index (χ4n) is 4.14. The van der Waals surface area contributed by atoms with Crippen molar-refractivity contribution in [3.8, 4) is 11.3 Å². The predicted molar refractivity (Wildman–Crippen MR) is 134 cm³/mol. The molecule has 0 aromatic heterocycles. The van der Waals surface area contributed by atoms with Crippen molar-refractivity contribution in [3.05, 3.63) is 98.8 Å². The zero-order chi connectivity index (χ0) is 25.4. The highest BCUT2D eigenvalue weighted by molar-refractivity contribution is 6.33. The van der Waals surface area contributed by atoms with E-state index in [-0.39, 0.29) is 16.3 Å². The van der Waals surface area contributed by atoms with Gasteiger partial charge in [-0.1, -0.05) is 41.9 Å². The van der Waals surface area contributed by atoms with E-state index >= 15 is 0 Å². The van der Waals surface area contributed by atoms with Crippen LogP contribution in [0.1, 0.15) is 23.1 Å². The van der Waals surface area contributed by atoms with Crippen molar-refractivity contribution in [1.29, 1.82) is 0 Å². The zero-order valence-electron chi connectivity index (χ0n) is 18.5. The van der Waals surface area contributed by atoms with Gasteiger partial charge in [-0.25, -0.2) is 4.79 Å². The standard InChI is InChI=1S/C26H18ClF3N4O2/c27-18-10-8-15(26(28,29)30)12-22(18)34-25(36)31-16-9-6-14-7-11-20(32-21(14)13-16)23-17-4-2-1-3-5-19(17)33-24(23)35/h1-6,8-10,12-13H,7,11H2,(H,33,35)(H2,31,34,36). The van der Waals surface area contributed by atoms with E-state index in [0.29, 0.717) is 41.2 Å². The van der Waals surface area contributed by atoms with Crippen molar-refractivity contribution in [2.75, 3.05) is 10.6 Å². The van der Waals surface area contributed by atoms with Crippen molar-refractivity contribution in [2.24, 2.45) is 4.99 Å². The van der Waals surface area contributed by atoms with Gasteiger partial charge in [0.25, 0.3) is 5.56 Å². The van der Waals surface area contributed by atoms with Gasteiger partial charge in [-0.3, -0.25) is 9.79 Å². The second-order valence-electron chi connectivity index (χ2n) is 8.24. The molecule has 10 heteroatoms. The highest BCUT2D eigenvalue weighted by atomic mass is 35.5. The fourth-order valence-corrected chi connectivity index (χ4v) is 4.31. The molecule has 2 aromatic carbocycles. The maximum Gasteiger partial charge on any atom is 0.416 e. The summed E-state index contributed by atoms with van der Waals surface area (Å²) in [5.74, 6) is 0. The molecule has 5 rings (SSSR count). The van der Waals surface area contributed by atoms with Crippen LogP contribution in [-0.2, 0) is 12.6 Å². The van der Waals surface area contributed by atoms with Crippen LogP contribution >= 0.6 is 11.6 Å². The third-order valence-corrected chi connectivity index (χ3v) is 6.17. The van der Waals surface area contributed by atoms with Gasteiger partial charge in [0.15, 0.2) is 0 Å². The average Bonchev–Trinajstić information content (AvgIpc) is 2.97. The Bertz CT molecular complexity index is 1550. The third kappa shape index (κ3) is 4.70. The number of H-pyrrole nitrogens is 1. The smallest absolute Gasteiger partial charge is 0.321 e. The molecule has 0 saturated heterocycles. The second kappa shape index (κ2) is 9.16. The molecular weight excluding hydrogens is 493 g/mol. The molecule has 6 nitrogen and oxygen atoms in total. The van der Waals surface area contributed by atoms with Crippen LogP contribution in [0.4, 0.5) is 35.0 Å². The Labute approximate surface area is 208 Å². The molecule has 36 heavy (non-hydrogen) atoms. The molecular formula is C26H18ClF3N4O2. The maximum absolute atomic E-state index is 13.0. The Balaban J connectivity index is 1.39. The number of carbonyl (C=O) groups is 1. The first-order valence-electron chi connectivity index (χ1n) is 11.0. The number of hydrogen-bond donors (Lipinski definition) is 3. The van der Waals surface area contributed by atoms with Crippen molar-refractivity contribution >= 4 is 40.4 Å². The van der Waals surface area contributed by atoms with Gasteiger partial charge in [-0.15, -0.1) is 0 Å². The fraction of sp³-hybridized carbons (Fsp3) is 0.115. The Kier molecular flexibility index (Phi) is 6.01. The van der Waals surface area contributed by atoms with Crippen LogP contribution in [0.15, 0.2) is 76.5 Å². The summed E-state index contributed by atoms with van der Waals surface area (Å²) in [6.07, 6.45) is -3.33. The van der Waals surface area contributed by atoms with Crippen LogP contribution in [0.25, 0.3) is 11.3 Å². The first kappa shape index (κ1) is 23.6. The topological polar surface area (TPSA) is 86.3 Å². The highest BCUT2D eigenvalue weighted by Gasteiger charge is 2.31. The Morgan fingerprint density at radius 2 is 1.78 bits per heavy atom. The van der Waals surface area contributed by atoms with E-state index in [9.17, 15) is 22.8 Å². The summed E-state index contributed by atoms with van der Waals surface area (Å²) >= 11 is 5.96. The number of hydrogen-bond acceptors (Lipinski definition) is 3. The minimum atomic E-state index is -4.57. The van der Waals surface area contributed by atoms with Gasteiger partial charge < -0.3 is 15.6 Å². The number of amides is 2. The van der Waals surface area contributed by atoms with Crippen molar-refractivity contribution < 1.29 is 18.0 Å². The Hall–Kier alpha value is -4.11. The Morgan fingerprint density at radius 1 is 0.972 bits per heavy atom. The van der Waals surface area contributed by atoms with Crippen LogP contribution in [0.2, 0.25) is 5.02 Å². The number of carbonyl (C=O) groups excluding carboxylic acids is 1. The number of benzene rings is 2. The number of aliphatic imine (C=N–C) groups is 1. The monoisotopic (exact) mass is 510 g/mol. The number of aromatic amines is 1. The van der Waals surface area contributed by atoms with Crippen LogP contribution in [-0.4, -0.2) is 16.7 Å². The summed E-state index contributed by atoms with van der Waals surface area (Å²) in [5, 5.41) is 4.91. The summed E-state index contributed by atoms with van der Waals surface area (Å²) in [7, 11) is 0. The van der Waals surface area contributed by atoms with E-state index < -0.39 is 17.8 Å². The SMILES string of the molecule is O=C(Nc1ccc2c(c1)N=C(c1c3cccccc-3[nH]c1=O)CC2)Nc1cc(C(F)(F)F)ccc1Cl. The number of rotatable bonds is 3. The van der Waals surface area contributed by atoms with Gasteiger partial charge in [0, 0.05) is 16.9 Å². The number of anilines is 2. The van der Waals surface area contributed by atoms with Crippen molar-refractivity contribution in [1.82, 2.24) is 4.98 Å². The number of aromatic nitrogens is 1.